The van der Waals surface area contributed by atoms with Crippen molar-refractivity contribution in [3.05, 3.63) is 36.0 Å². The van der Waals surface area contributed by atoms with E-state index in [1.165, 1.54) is 0 Å². The first-order chi connectivity index (χ1) is 14.6. The first kappa shape index (κ1) is 18.6. The number of hydrogen-bond acceptors (Lipinski definition) is 8. The summed E-state index contributed by atoms with van der Waals surface area (Å²) in [5, 5.41) is 23.5. The van der Waals surface area contributed by atoms with Crippen LogP contribution in [0.5, 0.6) is 5.75 Å². The predicted octanol–water partition coefficient (Wildman–Crippen LogP) is 1.12. The number of allylic oxidation sites excluding steroid dienone is 1. The fourth-order valence-electron chi connectivity index (χ4n) is 3.80. The fraction of sp³-hybridized carbons (Fsp3) is 0.333. The van der Waals surface area contributed by atoms with Gasteiger partial charge in [-0.15, -0.1) is 10.2 Å². The van der Waals surface area contributed by atoms with Gasteiger partial charge in [0.2, 0.25) is 11.8 Å². The molecule has 0 aliphatic carbocycles. The van der Waals surface area contributed by atoms with Crippen LogP contribution >= 0.6 is 0 Å². The Morgan fingerprint density at radius 1 is 1.13 bits per heavy atom. The molecule has 3 aliphatic heterocycles. The lowest BCUT2D eigenvalue weighted by Gasteiger charge is -2.31. The summed E-state index contributed by atoms with van der Waals surface area (Å²) in [5.74, 6) is 1.61. The lowest BCUT2D eigenvalue weighted by Crippen LogP contribution is -2.45. The van der Waals surface area contributed by atoms with Gasteiger partial charge in [0.15, 0.2) is 13.3 Å². The van der Waals surface area contributed by atoms with E-state index >= 15 is 0 Å². The highest BCUT2D eigenvalue weighted by Gasteiger charge is 2.27. The van der Waals surface area contributed by atoms with Crippen LogP contribution in [0.2, 0.25) is 0 Å². The first-order valence-corrected chi connectivity index (χ1v) is 9.96. The molecule has 0 bridgehead atoms. The van der Waals surface area contributed by atoms with Crippen LogP contribution in [-0.4, -0.2) is 88.4 Å². The van der Waals surface area contributed by atoms with Gasteiger partial charge < -0.3 is 14.9 Å². The number of dihydropyridines is 1. The molecule has 3 aliphatic rings. The number of piperazine rings is 1. The molecule has 1 fully saturated rings. The SMILES string of the molecule is CN1CCN(c2ncc(-c3ccc(C4=CC5C=[N+](C)N=C5N=C4)cc3O)nn2)CC1. The van der Waals surface area contributed by atoms with Gasteiger partial charge in [-0.25, -0.2) is 9.98 Å². The number of phenolic OH excluding ortho intramolecular Hbond substituents is 1. The average molecular weight is 403 g/mol. The Morgan fingerprint density at radius 3 is 2.70 bits per heavy atom. The number of phenols is 1. The van der Waals surface area contributed by atoms with Crippen molar-refractivity contribution >= 4 is 29.8 Å². The number of likely N-dealkylation sites (N-methyl/N-ethyl adjacent to an activating group) is 1. The predicted molar refractivity (Wildman–Crippen MR) is 116 cm³/mol. The van der Waals surface area contributed by atoms with Gasteiger partial charge in [0.25, 0.3) is 0 Å². The molecule has 1 aromatic heterocycles. The van der Waals surface area contributed by atoms with Crippen molar-refractivity contribution in [1.29, 1.82) is 0 Å². The third kappa shape index (κ3) is 3.48. The Balaban J connectivity index is 1.36. The first-order valence-electron chi connectivity index (χ1n) is 9.96. The number of hydrazone groups is 1. The Labute approximate surface area is 174 Å². The van der Waals surface area contributed by atoms with Gasteiger partial charge in [-0.2, -0.15) is 0 Å². The zero-order valence-corrected chi connectivity index (χ0v) is 17.0. The summed E-state index contributed by atoms with van der Waals surface area (Å²) in [5.41, 5.74) is 2.98. The molecule has 5 rings (SSSR count). The van der Waals surface area contributed by atoms with E-state index in [0.29, 0.717) is 17.2 Å². The molecule has 0 amide bonds. The number of amidine groups is 1. The van der Waals surface area contributed by atoms with Gasteiger partial charge in [-0.3, -0.25) is 0 Å². The molecule has 4 heterocycles. The van der Waals surface area contributed by atoms with E-state index in [1.807, 2.05) is 25.4 Å². The van der Waals surface area contributed by atoms with Crippen LogP contribution in [0, 0.1) is 5.92 Å². The number of aliphatic imine (C=N–C) groups is 1. The highest BCUT2D eigenvalue weighted by molar-refractivity contribution is 6.20. The van der Waals surface area contributed by atoms with Gasteiger partial charge in [-0.05, 0) is 30.3 Å². The lowest BCUT2D eigenvalue weighted by atomic mass is 9.96. The van der Waals surface area contributed by atoms with Gasteiger partial charge in [0.1, 0.15) is 17.4 Å². The topological polar surface area (TPSA) is 93.1 Å². The molecule has 1 unspecified atom stereocenters. The molecule has 9 nitrogen and oxygen atoms in total. The maximum absolute atomic E-state index is 10.6. The summed E-state index contributed by atoms with van der Waals surface area (Å²) >= 11 is 0. The third-order valence-electron chi connectivity index (χ3n) is 5.57. The molecule has 152 valence electrons. The fourth-order valence-corrected chi connectivity index (χ4v) is 3.80. The number of hydrogen-bond donors (Lipinski definition) is 1. The normalized spacial score (nSPS) is 21.2. The molecule has 0 radical (unpaired) electrons. The smallest absolute Gasteiger partial charge is 0.245 e. The summed E-state index contributed by atoms with van der Waals surface area (Å²) in [6.07, 6.45) is 7.55. The maximum Gasteiger partial charge on any atom is 0.245 e. The molecule has 2 aromatic rings. The Morgan fingerprint density at radius 2 is 1.97 bits per heavy atom. The maximum atomic E-state index is 10.6. The van der Waals surface area contributed by atoms with E-state index in [-0.39, 0.29) is 11.7 Å². The van der Waals surface area contributed by atoms with Crippen LogP contribution in [-0.2, 0) is 0 Å². The van der Waals surface area contributed by atoms with Crippen molar-refractivity contribution in [1.82, 2.24) is 20.1 Å². The largest absolute Gasteiger partial charge is 0.507 e. The minimum atomic E-state index is 0.0639. The number of rotatable bonds is 3. The average Bonchev–Trinajstić information content (AvgIpc) is 3.13. The number of benzene rings is 1. The summed E-state index contributed by atoms with van der Waals surface area (Å²) in [6, 6.07) is 5.52. The van der Waals surface area contributed by atoms with Crippen molar-refractivity contribution in [3.63, 3.8) is 0 Å². The lowest BCUT2D eigenvalue weighted by molar-refractivity contribution is -0.495. The molecule has 0 spiro atoms. The summed E-state index contributed by atoms with van der Waals surface area (Å²) in [7, 11) is 4.00. The number of fused-ring (bicyclic) bond motifs is 1. The van der Waals surface area contributed by atoms with E-state index in [4.69, 9.17) is 0 Å². The van der Waals surface area contributed by atoms with E-state index in [0.717, 1.165) is 43.2 Å². The van der Waals surface area contributed by atoms with Crippen LogP contribution in [0.4, 0.5) is 5.95 Å². The van der Waals surface area contributed by atoms with E-state index in [9.17, 15) is 5.11 Å². The van der Waals surface area contributed by atoms with Crippen LogP contribution in [0.25, 0.3) is 16.8 Å². The second-order valence-electron chi connectivity index (χ2n) is 7.75. The van der Waals surface area contributed by atoms with E-state index in [1.54, 1.807) is 23.2 Å². The number of nitrogens with zero attached hydrogens (tertiary/aromatic N) is 8. The van der Waals surface area contributed by atoms with Crippen LogP contribution < -0.4 is 4.90 Å². The Hall–Kier alpha value is -3.46. The van der Waals surface area contributed by atoms with Gasteiger partial charge >= 0.3 is 0 Å². The summed E-state index contributed by atoms with van der Waals surface area (Å²) < 4.78 is 1.77. The molecule has 1 atom stereocenters. The molecule has 1 N–H and O–H groups in total. The van der Waals surface area contributed by atoms with Gasteiger partial charge in [0.05, 0.1) is 6.20 Å². The van der Waals surface area contributed by atoms with E-state index < -0.39 is 0 Å². The summed E-state index contributed by atoms with van der Waals surface area (Å²) in [6.45, 7) is 3.73. The molecular formula is C21H23N8O+. The van der Waals surface area contributed by atoms with Crippen LogP contribution in [0.1, 0.15) is 5.56 Å². The quantitative estimate of drug-likeness (QED) is 0.772. The van der Waals surface area contributed by atoms with Crippen molar-refractivity contribution in [2.45, 2.75) is 0 Å². The summed E-state index contributed by atoms with van der Waals surface area (Å²) in [4.78, 5) is 13.3. The zero-order chi connectivity index (χ0) is 20.7. The minimum absolute atomic E-state index is 0.0639. The molecule has 9 heteroatoms. The van der Waals surface area contributed by atoms with Gasteiger partial charge in [0, 0.05) is 43.1 Å². The molecular weight excluding hydrogens is 380 g/mol. The number of aromatic hydroxyl groups is 1. The molecule has 0 saturated carbocycles. The minimum Gasteiger partial charge on any atom is -0.507 e. The van der Waals surface area contributed by atoms with Crippen LogP contribution in [0.3, 0.4) is 0 Å². The van der Waals surface area contributed by atoms with Gasteiger partial charge in [-0.1, -0.05) is 16.8 Å². The van der Waals surface area contributed by atoms with Crippen molar-refractivity contribution in [3.8, 4) is 17.0 Å². The van der Waals surface area contributed by atoms with Crippen molar-refractivity contribution in [2.75, 3.05) is 45.2 Å². The zero-order valence-electron chi connectivity index (χ0n) is 17.0. The Kier molecular flexibility index (Phi) is 4.59. The van der Waals surface area contributed by atoms with Crippen molar-refractivity contribution < 1.29 is 9.79 Å². The molecule has 30 heavy (non-hydrogen) atoms. The third-order valence-corrected chi connectivity index (χ3v) is 5.57. The second-order valence-corrected chi connectivity index (χ2v) is 7.75. The second kappa shape index (κ2) is 7.42. The highest BCUT2D eigenvalue weighted by Crippen LogP contribution is 2.31. The van der Waals surface area contributed by atoms with E-state index in [2.05, 4.69) is 48.2 Å². The Bertz CT molecular complexity index is 1090. The monoisotopic (exact) mass is 403 g/mol. The van der Waals surface area contributed by atoms with Crippen molar-refractivity contribution in [2.24, 2.45) is 16.0 Å². The number of aromatic nitrogens is 3. The molecule has 1 aromatic carbocycles. The highest BCUT2D eigenvalue weighted by atomic mass is 16.3. The molecule has 1 saturated heterocycles. The number of anilines is 1. The van der Waals surface area contributed by atoms with Crippen LogP contribution in [0.15, 0.2) is 40.6 Å². The standard InChI is InChI=1S/C21H22N8O/c1-27-5-7-29(8-6-27)21-23-12-18(24-25-21)17-4-3-14(10-19(17)30)15-9-16-13-28(2)26-20(16)22-11-15/h3-4,9-13,16H,5-8H2,1-2H3/p+1.